The molecule has 0 heterocycles. The molecular weight excluding hydrogens is 228 g/mol. The molecule has 0 saturated carbocycles. The average Bonchev–Trinajstić information content (AvgIpc) is 2.38. The van der Waals surface area contributed by atoms with Crippen LogP contribution in [0.4, 0.5) is 0 Å². The highest BCUT2D eigenvalue weighted by Crippen LogP contribution is 2.34. The Labute approximate surface area is 108 Å². The van der Waals surface area contributed by atoms with Crippen LogP contribution in [0.1, 0.15) is 25.5 Å². The fourth-order valence-electron chi connectivity index (χ4n) is 1.93. The minimum Gasteiger partial charge on any atom is -0.497 e. The fourth-order valence-corrected chi connectivity index (χ4v) is 1.93. The van der Waals surface area contributed by atoms with E-state index in [1.165, 1.54) is 0 Å². The van der Waals surface area contributed by atoms with Crippen molar-refractivity contribution in [2.24, 2.45) is 17.6 Å². The molecule has 0 amide bonds. The van der Waals surface area contributed by atoms with Gasteiger partial charge in [0.15, 0.2) is 0 Å². The zero-order valence-corrected chi connectivity index (χ0v) is 11.3. The number of hydrogen-bond acceptors (Lipinski definition) is 4. The number of nitrogens with zero attached hydrogens (tertiary/aromatic N) is 1. The molecular formula is C14H20N2O2. The molecule has 0 fully saturated rings. The van der Waals surface area contributed by atoms with Gasteiger partial charge in [-0.1, -0.05) is 19.9 Å². The van der Waals surface area contributed by atoms with Crippen LogP contribution in [0, 0.1) is 23.2 Å². The first-order valence-electron chi connectivity index (χ1n) is 5.92. The van der Waals surface area contributed by atoms with E-state index >= 15 is 0 Å². The van der Waals surface area contributed by atoms with Gasteiger partial charge in [0, 0.05) is 17.7 Å². The van der Waals surface area contributed by atoms with Crippen LogP contribution < -0.4 is 15.2 Å². The van der Waals surface area contributed by atoms with E-state index in [1.54, 1.807) is 20.3 Å². The van der Waals surface area contributed by atoms with Crippen LogP contribution in [0.15, 0.2) is 18.2 Å². The number of nitriles is 1. The summed E-state index contributed by atoms with van der Waals surface area (Å²) in [5.74, 6) is 1.31. The van der Waals surface area contributed by atoms with Crippen LogP contribution in [0.25, 0.3) is 0 Å². The van der Waals surface area contributed by atoms with Gasteiger partial charge in [-0.15, -0.1) is 0 Å². The highest BCUT2D eigenvalue weighted by atomic mass is 16.5. The summed E-state index contributed by atoms with van der Waals surface area (Å²) in [5, 5.41) is 9.20. The van der Waals surface area contributed by atoms with Gasteiger partial charge in [0.2, 0.25) is 0 Å². The molecule has 2 unspecified atom stereocenters. The van der Waals surface area contributed by atoms with Crippen molar-refractivity contribution in [3.63, 3.8) is 0 Å². The quantitative estimate of drug-likeness (QED) is 0.869. The van der Waals surface area contributed by atoms with Gasteiger partial charge in [-0.3, -0.25) is 0 Å². The summed E-state index contributed by atoms with van der Waals surface area (Å²) < 4.78 is 10.5. The molecule has 0 aliphatic rings. The summed E-state index contributed by atoms with van der Waals surface area (Å²) in [6.07, 6.45) is 0. The second kappa shape index (κ2) is 6.27. The van der Waals surface area contributed by atoms with Crippen molar-refractivity contribution in [2.75, 3.05) is 14.2 Å². The Bertz CT molecular complexity index is 438. The molecule has 4 nitrogen and oxygen atoms in total. The summed E-state index contributed by atoms with van der Waals surface area (Å²) in [7, 11) is 3.18. The normalized spacial score (nSPS) is 13.8. The summed E-state index contributed by atoms with van der Waals surface area (Å²) >= 11 is 0. The standard InChI is InChI=1S/C14H20N2O2/c1-9(2)12(8-15)14(16)11-6-5-10(17-3)7-13(11)18-4/h5-7,9,12,14H,16H2,1-4H3. The second-order valence-corrected chi connectivity index (χ2v) is 4.53. The molecule has 2 atom stereocenters. The van der Waals surface area contributed by atoms with E-state index in [1.807, 2.05) is 26.0 Å². The lowest BCUT2D eigenvalue weighted by atomic mass is 9.86. The molecule has 0 spiro atoms. The number of nitrogens with two attached hydrogens (primary N) is 1. The lowest BCUT2D eigenvalue weighted by Gasteiger charge is -2.23. The maximum absolute atomic E-state index is 9.20. The van der Waals surface area contributed by atoms with Crippen LogP contribution in [0.5, 0.6) is 11.5 Å². The van der Waals surface area contributed by atoms with Crippen LogP contribution in [-0.2, 0) is 0 Å². The van der Waals surface area contributed by atoms with E-state index < -0.39 is 0 Å². The van der Waals surface area contributed by atoms with E-state index in [-0.39, 0.29) is 17.9 Å². The van der Waals surface area contributed by atoms with Crippen LogP contribution in [0.3, 0.4) is 0 Å². The highest BCUT2D eigenvalue weighted by Gasteiger charge is 2.25. The molecule has 0 radical (unpaired) electrons. The van der Waals surface area contributed by atoms with Crippen LogP contribution in [0.2, 0.25) is 0 Å². The predicted octanol–water partition coefficient (Wildman–Crippen LogP) is 2.50. The summed E-state index contributed by atoms with van der Waals surface area (Å²) in [6, 6.07) is 7.37. The molecule has 98 valence electrons. The SMILES string of the molecule is COc1ccc(C(N)C(C#N)C(C)C)c(OC)c1. The zero-order valence-electron chi connectivity index (χ0n) is 11.3. The fraction of sp³-hybridized carbons (Fsp3) is 0.500. The Morgan fingerprint density at radius 3 is 2.33 bits per heavy atom. The van der Waals surface area contributed by atoms with Gasteiger partial charge < -0.3 is 15.2 Å². The molecule has 1 aromatic carbocycles. The first-order valence-corrected chi connectivity index (χ1v) is 5.92. The predicted molar refractivity (Wildman–Crippen MR) is 70.4 cm³/mol. The van der Waals surface area contributed by atoms with Gasteiger partial charge >= 0.3 is 0 Å². The van der Waals surface area contributed by atoms with Crippen molar-refractivity contribution < 1.29 is 9.47 Å². The highest BCUT2D eigenvalue weighted by molar-refractivity contribution is 5.43. The third-order valence-corrected chi connectivity index (χ3v) is 3.05. The second-order valence-electron chi connectivity index (χ2n) is 4.53. The van der Waals surface area contributed by atoms with Gasteiger partial charge in [-0.25, -0.2) is 0 Å². The van der Waals surface area contributed by atoms with E-state index in [9.17, 15) is 5.26 Å². The zero-order chi connectivity index (χ0) is 13.7. The maximum Gasteiger partial charge on any atom is 0.127 e. The molecule has 1 aromatic rings. The van der Waals surface area contributed by atoms with Crippen LogP contribution in [-0.4, -0.2) is 14.2 Å². The van der Waals surface area contributed by atoms with Crippen molar-refractivity contribution in [3.8, 4) is 17.6 Å². The summed E-state index contributed by atoms with van der Waals surface area (Å²) in [6.45, 7) is 3.98. The Hall–Kier alpha value is -1.73. The Morgan fingerprint density at radius 1 is 1.22 bits per heavy atom. The van der Waals surface area contributed by atoms with Crippen molar-refractivity contribution in [3.05, 3.63) is 23.8 Å². The summed E-state index contributed by atoms with van der Waals surface area (Å²) in [4.78, 5) is 0. The smallest absolute Gasteiger partial charge is 0.127 e. The van der Waals surface area contributed by atoms with Crippen LogP contribution >= 0.6 is 0 Å². The molecule has 2 N–H and O–H groups in total. The van der Waals surface area contributed by atoms with Gasteiger partial charge in [0.25, 0.3) is 0 Å². The Kier molecular flexibility index (Phi) is 4.99. The first-order chi connectivity index (χ1) is 8.54. The minimum atomic E-state index is -0.365. The number of benzene rings is 1. The van der Waals surface area contributed by atoms with Crippen molar-refractivity contribution in [2.45, 2.75) is 19.9 Å². The van der Waals surface area contributed by atoms with Crippen molar-refractivity contribution in [1.82, 2.24) is 0 Å². The van der Waals surface area contributed by atoms with Gasteiger partial charge in [0.1, 0.15) is 11.5 Å². The van der Waals surface area contributed by atoms with Crippen molar-refractivity contribution >= 4 is 0 Å². The van der Waals surface area contributed by atoms with Crippen molar-refractivity contribution in [1.29, 1.82) is 5.26 Å². The van der Waals surface area contributed by atoms with E-state index in [4.69, 9.17) is 15.2 Å². The number of rotatable bonds is 5. The van der Waals surface area contributed by atoms with Gasteiger partial charge in [-0.2, -0.15) is 5.26 Å². The van der Waals surface area contributed by atoms with E-state index in [0.29, 0.717) is 11.5 Å². The third-order valence-electron chi connectivity index (χ3n) is 3.05. The Morgan fingerprint density at radius 2 is 1.89 bits per heavy atom. The first kappa shape index (κ1) is 14.3. The summed E-state index contributed by atoms with van der Waals surface area (Å²) in [5.41, 5.74) is 7.01. The van der Waals surface area contributed by atoms with Gasteiger partial charge in [0.05, 0.1) is 26.2 Å². The lowest BCUT2D eigenvalue weighted by Crippen LogP contribution is -2.24. The molecule has 0 aliphatic heterocycles. The van der Waals surface area contributed by atoms with Gasteiger partial charge in [-0.05, 0) is 12.0 Å². The Balaban J connectivity index is 3.12. The maximum atomic E-state index is 9.20. The number of ether oxygens (including phenoxy) is 2. The molecule has 4 heteroatoms. The van der Waals surface area contributed by atoms with E-state index in [0.717, 1.165) is 5.56 Å². The topological polar surface area (TPSA) is 68.3 Å². The molecule has 18 heavy (non-hydrogen) atoms. The minimum absolute atomic E-state index is 0.191. The number of methoxy groups -OCH3 is 2. The number of hydrogen-bond donors (Lipinski definition) is 1. The molecule has 0 aliphatic carbocycles. The molecule has 1 rings (SSSR count). The molecule has 0 saturated heterocycles. The lowest BCUT2D eigenvalue weighted by molar-refractivity contribution is 0.366. The van der Waals surface area contributed by atoms with E-state index in [2.05, 4.69) is 6.07 Å². The largest absolute Gasteiger partial charge is 0.497 e. The average molecular weight is 248 g/mol. The molecule has 0 bridgehead atoms. The third kappa shape index (κ3) is 2.93. The monoisotopic (exact) mass is 248 g/mol. The molecule has 0 aromatic heterocycles.